The third-order valence-electron chi connectivity index (χ3n) is 2.97. The van der Waals surface area contributed by atoms with Gasteiger partial charge in [0.25, 0.3) is 0 Å². The van der Waals surface area contributed by atoms with Gasteiger partial charge >= 0.3 is 0 Å². The highest BCUT2D eigenvalue weighted by atomic mass is 14.5. The molecule has 0 heterocycles. The molecule has 1 aromatic carbocycles. The monoisotopic (exact) mass is 205 g/mol. The fourth-order valence-electron chi connectivity index (χ4n) is 1.60. The zero-order valence-electron chi connectivity index (χ0n) is 10.2. The smallest absolute Gasteiger partial charge is 0.00514 e. The van der Waals surface area contributed by atoms with Crippen LogP contribution >= 0.6 is 0 Å². The van der Waals surface area contributed by atoms with Gasteiger partial charge in [0.05, 0.1) is 0 Å². The van der Waals surface area contributed by atoms with Crippen molar-refractivity contribution in [3.8, 4) is 0 Å². The van der Waals surface area contributed by atoms with E-state index in [-0.39, 0.29) is 0 Å². The molecule has 0 aliphatic heterocycles. The first-order valence-electron chi connectivity index (χ1n) is 5.92. The molecular weight excluding hydrogens is 182 g/mol. The van der Waals surface area contributed by atoms with Crippen LogP contribution in [0, 0.1) is 5.92 Å². The van der Waals surface area contributed by atoms with Crippen molar-refractivity contribution in [2.75, 3.05) is 6.54 Å². The molecule has 0 fully saturated rings. The lowest BCUT2D eigenvalue weighted by Gasteiger charge is -2.09. The molecule has 0 radical (unpaired) electrons. The zero-order chi connectivity index (χ0) is 11.3. The maximum Gasteiger partial charge on any atom is -0.00514 e. The number of hydrogen-bond donors (Lipinski definition) is 1. The van der Waals surface area contributed by atoms with Gasteiger partial charge in [-0.1, -0.05) is 45.0 Å². The molecule has 2 N–H and O–H groups in total. The summed E-state index contributed by atoms with van der Waals surface area (Å²) in [6, 6.07) is 8.98. The molecule has 0 aliphatic carbocycles. The standard InChI is InChI=1S/C14H23N/c1-11(2)14-8-6-13(7-9-14)5-4-12(3)10-15/h6-9,11-12H,4-5,10,15H2,1-3H3. The van der Waals surface area contributed by atoms with Gasteiger partial charge in [0.15, 0.2) is 0 Å². The van der Waals surface area contributed by atoms with E-state index in [0.717, 1.165) is 13.0 Å². The van der Waals surface area contributed by atoms with E-state index in [2.05, 4.69) is 45.0 Å². The second kappa shape index (κ2) is 5.92. The SMILES string of the molecule is CC(CN)CCc1ccc(C(C)C)cc1. The largest absolute Gasteiger partial charge is 0.330 e. The molecule has 1 aromatic rings. The van der Waals surface area contributed by atoms with Crippen LogP contribution in [-0.2, 0) is 6.42 Å². The number of rotatable bonds is 5. The minimum atomic E-state index is 0.627. The summed E-state index contributed by atoms with van der Waals surface area (Å²) < 4.78 is 0. The van der Waals surface area contributed by atoms with Gasteiger partial charge in [-0.05, 0) is 42.3 Å². The van der Waals surface area contributed by atoms with Gasteiger partial charge in [-0.25, -0.2) is 0 Å². The Kier molecular flexibility index (Phi) is 4.83. The molecule has 0 saturated heterocycles. The maximum absolute atomic E-state index is 5.60. The molecule has 1 heteroatoms. The van der Waals surface area contributed by atoms with Gasteiger partial charge in [-0.15, -0.1) is 0 Å². The van der Waals surface area contributed by atoms with Crippen LogP contribution in [0.4, 0.5) is 0 Å². The predicted molar refractivity (Wildman–Crippen MR) is 67.1 cm³/mol. The zero-order valence-corrected chi connectivity index (χ0v) is 10.2. The van der Waals surface area contributed by atoms with Gasteiger partial charge < -0.3 is 5.73 Å². The molecule has 0 amide bonds. The van der Waals surface area contributed by atoms with Gasteiger partial charge in [-0.3, -0.25) is 0 Å². The molecule has 0 spiro atoms. The van der Waals surface area contributed by atoms with E-state index < -0.39 is 0 Å². The Hall–Kier alpha value is -0.820. The molecule has 15 heavy (non-hydrogen) atoms. The molecule has 0 aromatic heterocycles. The number of nitrogens with two attached hydrogens (primary N) is 1. The van der Waals surface area contributed by atoms with E-state index in [4.69, 9.17) is 5.73 Å². The number of hydrogen-bond acceptors (Lipinski definition) is 1. The second-order valence-corrected chi connectivity index (χ2v) is 4.78. The van der Waals surface area contributed by atoms with Crippen LogP contribution in [0.5, 0.6) is 0 Å². The Morgan fingerprint density at radius 1 is 1.07 bits per heavy atom. The highest BCUT2D eigenvalue weighted by molar-refractivity contribution is 5.24. The molecular formula is C14H23N. The molecule has 1 nitrogen and oxygen atoms in total. The summed E-state index contributed by atoms with van der Waals surface area (Å²) in [5, 5.41) is 0. The summed E-state index contributed by atoms with van der Waals surface area (Å²) in [5.41, 5.74) is 8.45. The van der Waals surface area contributed by atoms with E-state index >= 15 is 0 Å². The highest BCUT2D eigenvalue weighted by Crippen LogP contribution is 2.16. The maximum atomic E-state index is 5.60. The summed E-state index contributed by atoms with van der Waals surface area (Å²) in [5.74, 6) is 1.26. The Morgan fingerprint density at radius 2 is 1.67 bits per heavy atom. The fraction of sp³-hybridized carbons (Fsp3) is 0.571. The number of aryl methyl sites for hydroxylation is 1. The van der Waals surface area contributed by atoms with Crippen molar-refractivity contribution in [2.45, 2.75) is 39.5 Å². The molecule has 84 valence electrons. The van der Waals surface area contributed by atoms with Crippen molar-refractivity contribution in [3.63, 3.8) is 0 Å². The lowest BCUT2D eigenvalue weighted by Crippen LogP contribution is -2.11. The van der Waals surface area contributed by atoms with Crippen LogP contribution < -0.4 is 5.73 Å². The highest BCUT2D eigenvalue weighted by Gasteiger charge is 2.01. The van der Waals surface area contributed by atoms with Crippen molar-refractivity contribution in [2.24, 2.45) is 11.7 Å². The third kappa shape index (κ3) is 4.05. The lowest BCUT2D eigenvalue weighted by atomic mass is 9.97. The first-order valence-corrected chi connectivity index (χ1v) is 5.92. The summed E-state index contributed by atoms with van der Waals surface area (Å²) in [6.45, 7) is 7.46. The quantitative estimate of drug-likeness (QED) is 0.784. The van der Waals surface area contributed by atoms with Crippen molar-refractivity contribution in [1.82, 2.24) is 0 Å². The summed E-state index contributed by atoms with van der Waals surface area (Å²) in [7, 11) is 0. The van der Waals surface area contributed by atoms with E-state index in [1.807, 2.05) is 0 Å². The summed E-state index contributed by atoms with van der Waals surface area (Å²) in [6.07, 6.45) is 2.34. The van der Waals surface area contributed by atoms with Gasteiger partial charge in [0, 0.05) is 0 Å². The Morgan fingerprint density at radius 3 is 2.13 bits per heavy atom. The van der Waals surface area contributed by atoms with Crippen molar-refractivity contribution in [3.05, 3.63) is 35.4 Å². The van der Waals surface area contributed by atoms with Crippen LogP contribution in [0.3, 0.4) is 0 Å². The normalized spacial score (nSPS) is 13.1. The summed E-state index contributed by atoms with van der Waals surface area (Å²) in [4.78, 5) is 0. The predicted octanol–water partition coefficient (Wildman–Crippen LogP) is 3.34. The van der Waals surface area contributed by atoms with Crippen LogP contribution in [0.15, 0.2) is 24.3 Å². The topological polar surface area (TPSA) is 26.0 Å². The van der Waals surface area contributed by atoms with Crippen LogP contribution in [-0.4, -0.2) is 6.54 Å². The second-order valence-electron chi connectivity index (χ2n) is 4.78. The molecule has 1 unspecified atom stereocenters. The Bertz CT molecular complexity index is 274. The van der Waals surface area contributed by atoms with Gasteiger partial charge in [0.2, 0.25) is 0 Å². The molecule has 0 saturated carbocycles. The van der Waals surface area contributed by atoms with E-state index in [0.29, 0.717) is 11.8 Å². The fourth-order valence-corrected chi connectivity index (χ4v) is 1.60. The minimum Gasteiger partial charge on any atom is -0.330 e. The van der Waals surface area contributed by atoms with Crippen molar-refractivity contribution in [1.29, 1.82) is 0 Å². The molecule has 0 bridgehead atoms. The first-order chi connectivity index (χ1) is 7.13. The van der Waals surface area contributed by atoms with Crippen LogP contribution in [0.2, 0.25) is 0 Å². The molecule has 1 rings (SSSR count). The average molecular weight is 205 g/mol. The first kappa shape index (κ1) is 12.3. The van der Waals surface area contributed by atoms with Crippen molar-refractivity contribution >= 4 is 0 Å². The Balaban J connectivity index is 2.50. The number of benzene rings is 1. The average Bonchev–Trinajstić information content (AvgIpc) is 2.26. The Labute approximate surface area is 93.7 Å². The lowest BCUT2D eigenvalue weighted by molar-refractivity contribution is 0.544. The van der Waals surface area contributed by atoms with Crippen molar-refractivity contribution < 1.29 is 0 Å². The third-order valence-corrected chi connectivity index (χ3v) is 2.97. The van der Waals surface area contributed by atoms with Crippen LogP contribution in [0.25, 0.3) is 0 Å². The van der Waals surface area contributed by atoms with Gasteiger partial charge in [-0.2, -0.15) is 0 Å². The van der Waals surface area contributed by atoms with E-state index in [1.54, 1.807) is 0 Å². The van der Waals surface area contributed by atoms with Crippen LogP contribution in [0.1, 0.15) is 44.2 Å². The molecule has 1 atom stereocenters. The van der Waals surface area contributed by atoms with Gasteiger partial charge in [0.1, 0.15) is 0 Å². The minimum absolute atomic E-state index is 0.627. The van der Waals surface area contributed by atoms with E-state index in [1.165, 1.54) is 17.5 Å². The van der Waals surface area contributed by atoms with E-state index in [9.17, 15) is 0 Å². The summed E-state index contributed by atoms with van der Waals surface area (Å²) >= 11 is 0. The molecule has 0 aliphatic rings.